The van der Waals surface area contributed by atoms with Crippen LogP contribution in [0.15, 0.2) is 29.1 Å². The minimum atomic E-state index is -1.07. The summed E-state index contributed by atoms with van der Waals surface area (Å²) in [5.74, 6) is -0.782. The first-order valence-electron chi connectivity index (χ1n) is 6.26. The molecule has 0 aliphatic rings. The molecule has 0 aliphatic carbocycles. The highest BCUT2D eigenvalue weighted by Gasteiger charge is 2.31. The smallest absolute Gasteiger partial charge is 0.294 e. The van der Waals surface area contributed by atoms with Crippen molar-refractivity contribution in [2.45, 2.75) is 6.92 Å². The molecule has 0 aliphatic heterocycles. The number of nitro benzene ring substituents is 1. The van der Waals surface area contributed by atoms with Crippen molar-refractivity contribution in [2.75, 3.05) is 0 Å². The maximum Gasteiger partial charge on any atom is 0.348 e. The van der Waals surface area contributed by atoms with Gasteiger partial charge in [-0.2, -0.15) is 5.10 Å². The highest BCUT2D eigenvalue weighted by Crippen LogP contribution is 2.32. The number of hydrogen-bond acceptors (Lipinski definition) is 7. The lowest BCUT2D eigenvalue weighted by Gasteiger charge is -2.09. The molecule has 0 atom stereocenters. The van der Waals surface area contributed by atoms with Crippen LogP contribution in [-0.4, -0.2) is 25.4 Å². The van der Waals surface area contributed by atoms with Crippen LogP contribution in [0.5, 0.6) is 0 Å². The summed E-state index contributed by atoms with van der Waals surface area (Å²) in [7, 11) is 1.16. The molecule has 0 spiro atoms. The van der Waals surface area contributed by atoms with E-state index in [0.717, 1.165) is 14.0 Å². The van der Waals surface area contributed by atoms with Crippen LogP contribution in [0.25, 0.3) is 11.3 Å². The van der Waals surface area contributed by atoms with Gasteiger partial charge in [0, 0.05) is 13.1 Å². The van der Waals surface area contributed by atoms with Crippen LogP contribution in [0.4, 0.5) is 11.4 Å². The average Bonchev–Trinajstić information content (AvgIpc) is 2.48. The maximum absolute atomic E-state index is 11.9. The Bertz CT molecular complexity index is 902. The van der Waals surface area contributed by atoms with E-state index in [1.807, 2.05) is 0 Å². The molecule has 1 heterocycles. The van der Waals surface area contributed by atoms with E-state index in [-0.39, 0.29) is 16.9 Å². The fraction of sp³-hybridized carbons (Fsp3) is 0.154. The van der Waals surface area contributed by atoms with Gasteiger partial charge in [-0.05, 0) is 13.0 Å². The lowest BCUT2D eigenvalue weighted by Crippen LogP contribution is -2.26. The quantitative estimate of drug-likeness (QED) is 0.472. The summed E-state index contributed by atoms with van der Waals surface area (Å²) >= 11 is 0. The number of ketones is 1. The van der Waals surface area contributed by atoms with Gasteiger partial charge in [-0.1, -0.05) is 12.1 Å². The number of para-hydroxylation sites is 1. The van der Waals surface area contributed by atoms with Crippen LogP contribution in [0.2, 0.25) is 0 Å². The molecule has 1 aromatic carbocycles. The molecular formula is C13H10N4O6. The number of nitro groups is 2. The summed E-state index contributed by atoms with van der Waals surface area (Å²) in [6.45, 7) is 1.03. The number of rotatable bonds is 4. The third-order valence-electron chi connectivity index (χ3n) is 3.11. The second-order valence-corrected chi connectivity index (χ2v) is 4.59. The monoisotopic (exact) mass is 318 g/mol. The number of carbonyl (C=O) groups is 1. The number of nitrogens with zero attached hydrogens (tertiary/aromatic N) is 4. The van der Waals surface area contributed by atoms with Crippen molar-refractivity contribution in [3.63, 3.8) is 0 Å². The number of benzene rings is 1. The van der Waals surface area contributed by atoms with Gasteiger partial charge in [-0.15, -0.1) is 0 Å². The Labute approximate surface area is 128 Å². The largest absolute Gasteiger partial charge is 0.348 e. The van der Waals surface area contributed by atoms with Crippen molar-refractivity contribution in [3.05, 3.63) is 60.4 Å². The van der Waals surface area contributed by atoms with Gasteiger partial charge in [0.1, 0.15) is 11.3 Å². The Balaban J connectivity index is 3.00. The molecule has 0 N–H and O–H groups in total. The number of aryl methyl sites for hydroxylation is 1. The Kier molecular flexibility index (Phi) is 3.99. The van der Waals surface area contributed by atoms with Crippen LogP contribution in [0, 0.1) is 20.2 Å². The molecule has 2 rings (SSSR count). The minimum absolute atomic E-state index is 0.0820. The number of hydrogen-bond donors (Lipinski definition) is 0. The molecular weight excluding hydrogens is 308 g/mol. The summed E-state index contributed by atoms with van der Waals surface area (Å²) < 4.78 is 0.677. The zero-order valence-electron chi connectivity index (χ0n) is 12.0. The van der Waals surface area contributed by atoms with Gasteiger partial charge in [0.05, 0.1) is 15.4 Å². The molecule has 0 amide bonds. The first kappa shape index (κ1) is 15.9. The standard InChI is InChI=1S/C13H10N4O6/c1-7(18)10-11(8-5-3-4-6-9(8)16(20)21)14-15(2)13(19)12(10)17(22)23/h3-6H,1-2H3. The molecule has 0 saturated carbocycles. The van der Waals surface area contributed by atoms with Crippen molar-refractivity contribution < 1.29 is 14.6 Å². The number of aromatic nitrogens is 2. The average molecular weight is 318 g/mol. The molecule has 118 valence electrons. The van der Waals surface area contributed by atoms with Gasteiger partial charge in [0.25, 0.3) is 5.69 Å². The van der Waals surface area contributed by atoms with Gasteiger partial charge in [-0.25, -0.2) is 4.68 Å². The van der Waals surface area contributed by atoms with Gasteiger partial charge in [0.15, 0.2) is 5.78 Å². The lowest BCUT2D eigenvalue weighted by molar-refractivity contribution is -0.386. The second kappa shape index (κ2) is 5.75. The summed E-state index contributed by atoms with van der Waals surface area (Å²) in [5.41, 5.74) is -3.31. The lowest BCUT2D eigenvalue weighted by atomic mass is 10.0. The van der Waals surface area contributed by atoms with Crippen LogP contribution in [0.3, 0.4) is 0 Å². The van der Waals surface area contributed by atoms with Crippen molar-refractivity contribution in [1.82, 2.24) is 9.78 Å². The Morgan fingerprint density at radius 3 is 2.30 bits per heavy atom. The van der Waals surface area contributed by atoms with Gasteiger partial charge in [0.2, 0.25) is 0 Å². The fourth-order valence-corrected chi connectivity index (χ4v) is 2.14. The Morgan fingerprint density at radius 2 is 1.78 bits per heavy atom. The molecule has 0 fully saturated rings. The first-order valence-corrected chi connectivity index (χ1v) is 6.26. The van der Waals surface area contributed by atoms with E-state index in [9.17, 15) is 29.8 Å². The van der Waals surface area contributed by atoms with Crippen molar-refractivity contribution in [3.8, 4) is 11.3 Å². The topological polar surface area (TPSA) is 138 Å². The van der Waals surface area contributed by atoms with Crippen LogP contribution >= 0.6 is 0 Å². The van der Waals surface area contributed by atoms with E-state index in [1.54, 1.807) is 0 Å². The molecule has 23 heavy (non-hydrogen) atoms. The SMILES string of the molecule is CC(=O)c1c(-c2ccccc2[N+](=O)[O-])nn(C)c(=O)c1[N+](=O)[O-]. The predicted octanol–water partition coefficient (Wildman–Crippen LogP) is 1.47. The summed E-state index contributed by atoms with van der Waals surface area (Å²) in [6, 6.07) is 5.36. The van der Waals surface area contributed by atoms with Crippen LogP contribution < -0.4 is 5.56 Å². The number of carbonyl (C=O) groups excluding carboxylic acids is 1. The zero-order valence-corrected chi connectivity index (χ0v) is 12.0. The molecule has 0 radical (unpaired) electrons. The van der Waals surface area contributed by atoms with E-state index in [1.165, 1.54) is 24.3 Å². The van der Waals surface area contributed by atoms with E-state index in [4.69, 9.17) is 0 Å². The number of Topliss-reactive ketones (excluding diaryl/α,β-unsaturated/α-hetero) is 1. The Hall–Kier alpha value is -3.43. The normalized spacial score (nSPS) is 10.3. The highest BCUT2D eigenvalue weighted by atomic mass is 16.6. The molecule has 0 unspecified atom stereocenters. The van der Waals surface area contributed by atoms with Crippen LogP contribution in [-0.2, 0) is 7.05 Å². The predicted molar refractivity (Wildman–Crippen MR) is 78.2 cm³/mol. The van der Waals surface area contributed by atoms with Gasteiger partial charge >= 0.3 is 11.2 Å². The van der Waals surface area contributed by atoms with Gasteiger partial charge in [-0.3, -0.25) is 29.8 Å². The summed E-state index contributed by atoms with van der Waals surface area (Å²) in [4.78, 5) is 44.4. The second-order valence-electron chi connectivity index (χ2n) is 4.59. The molecule has 10 heteroatoms. The van der Waals surface area contributed by atoms with E-state index < -0.39 is 32.4 Å². The maximum atomic E-state index is 11.9. The van der Waals surface area contributed by atoms with Crippen LogP contribution in [0.1, 0.15) is 17.3 Å². The van der Waals surface area contributed by atoms with Crippen molar-refractivity contribution in [2.24, 2.45) is 7.05 Å². The summed E-state index contributed by atoms with van der Waals surface area (Å²) in [5, 5.41) is 26.1. The van der Waals surface area contributed by atoms with E-state index in [0.29, 0.717) is 4.68 Å². The van der Waals surface area contributed by atoms with Gasteiger partial charge < -0.3 is 0 Å². The fourth-order valence-electron chi connectivity index (χ4n) is 2.14. The zero-order chi connectivity index (χ0) is 17.3. The molecule has 0 bridgehead atoms. The molecule has 1 aromatic heterocycles. The van der Waals surface area contributed by atoms with E-state index in [2.05, 4.69) is 5.10 Å². The van der Waals surface area contributed by atoms with E-state index >= 15 is 0 Å². The third kappa shape index (κ3) is 2.69. The highest BCUT2D eigenvalue weighted by molar-refractivity contribution is 6.04. The summed E-state index contributed by atoms with van der Waals surface area (Å²) in [6.07, 6.45) is 0. The molecule has 2 aromatic rings. The first-order chi connectivity index (χ1) is 10.8. The molecule has 10 nitrogen and oxygen atoms in total. The van der Waals surface area contributed by atoms with Crippen molar-refractivity contribution in [1.29, 1.82) is 0 Å². The Morgan fingerprint density at radius 1 is 1.17 bits per heavy atom. The minimum Gasteiger partial charge on any atom is -0.294 e. The molecule has 0 saturated heterocycles. The van der Waals surface area contributed by atoms with Crippen molar-refractivity contribution >= 4 is 17.2 Å². The third-order valence-corrected chi connectivity index (χ3v) is 3.11.